The van der Waals surface area contributed by atoms with E-state index in [1.807, 2.05) is 0 Å². The molecule has 76 valence electrons. The van der Waals surface area contributed by atoms with E-state index in [9.17, 15) is 0 Å². The smallest absolute Gasteiger partial charge is 0.150 e. The molecule has 1 fully saturated rings. The van der Waals surface area contributed by atoms with Crippen molar-refractivity contribution in [1.82, 2.24) is 9.97 Å². The molecule has 0 saturated heterocycles. The Morgan fingerprint density at radius 1 is 1.21 bits per heavy atom. The highest BCUT2D eigenvalue weighted by molar-refractivity contribution is 5.27. The molecule has 4 nitrogen and oxygen atoms in total. The minimum atomic E-state index is -0.340. The molecule has 1 heterocycles. The first-order chi connectivity index (χ1) is 6.71. The van der Waals surface area contributed by atoms with Crippen molar-refractivity contribution in [2.75, 3.05) is 5.73 Å². The lowest BCUT2D eigenvalue weighted by Crippen LogP contribution is -2.40. The average molecular weight is 192 g/mol. The first-order valence-corrected chi connectivity index (χ1v) is 5.09. The second-order valence-corrected chi connectivity index (χ2v) is 4.02. The second kappa shape index (κ2) is 3.53. The maximum atomic E-state index is 6.27. The van der Waals surface area contributed by atoms with E-state index in [4.69, 9.17) is 11.5 Å². The lowest BCUT2D eigenvalue weighted by Gasteiger charge is -2.31. The third kappa shape index (κ3) is 1.70. The first-order valence-electron chi connectivity index (χ1n) is 5.09. The highest BCUT2D eigenvalue weighted by Gasteiger charge is 2.32. The number of anilines is 1. The normalized spacial score (nSPS) is 20.6. The number of hydrogen-bond acceptors (Lipinski definition) is 4. The van der Waals surface area contributed by atoms with Crippen LogP contribution < -0.4 is 11.5 Å². The highest BCUT2D eigenvalue weighted by Crippen LogP contribution is 2.32. The maximum absolute atomic E-state index is 6.27. The average Bonchev–Trinajstić information content (AvgIpc) is 2.19. The van der Waals surface area contributed by atoms with Gasteiger partial charge in [-0.2, -0.15) is 0 Å². The van der Waals surface area contributed by atoms with Crippen LogP contribution in [0.5, 0.6) is 0 Å². The van der Waals surface area contributed by atoms with Crippen LogP contribution in [0.25, 0.3) is 0 Å². The third-order valence-electron chi connectivity index (χ3n) is 2.87. The van der Waals surface area contributed by atoms with Crippen LogP contribution >= 0.6 is 0 Å². The van der Waals surface area contributed by atoms with Gasteiger partial charge in [0.25, 0.3) is 0 Å². The maximum Gasteiger partial charge on any atom is 0.150 e. The van der Waals surface area contributed by atoms with Crippen molar-refractivity contribution < 1.29 is 0 Å². The monoisotopic (exact) mass is 192 g/mol. The van der Waals surface area contributed by atoms with E-state index in [2.05, 4.69) is 9.97 Å². The molecule has 0 aromatic carbocycles. The van der Waals surface area contributed by atoms with Gasteiger partial charge in [0.2, 0.25) is 0 Å². The van der Waals surface area contributed by atoms with Crippen LogP contribution in [0.3, 0.4) is 0 Å². The molecule has 0 spiro atoms. The van der Waals surface area contributed by atoms with E-state index in [1.54, 1.807) is 12.3 Å². The van der Waals surface area contributed by atoms with Crippen LogP contribution in [0.1, 0.15) is 37.9 Å². The van der Waals surface area contributed by atoms with Crippen LogP contribution in [-0.4, -0.2) is 9.97 Å². The van der Waals surface area contributed by atoms with Gasteiger partial charge in [-0.15, -0.1) is 0 Å². The fraction of sp³-hybridized carbons (Fsp3) is 0.600. The Kier molecular flexibility index (Phi) is 2.37. The van der Waals surface area contributed by atoms with Crippen LogP contribution in [-0.2, 0) is 5.54 Å². The minimum absolute atomic E-state index is 0.340. The highest BCUT2D eigenvalue weighted by atomic mass is 15.0. The summed E-state index contributed by atoms with van der Waals surface area (Å²) in [7, 11) is 0. The Balaban J connectivity index is 2.28. The quantitative estimate of drug-likeness (QED) is 0.700. The zero-order valence-electron chi connectivity index (χ0n) is 8.24. The van der Waals surface area contributed by atoms with E-state index in [0.29, 0.717) is 11.6 Å². The van der Waals surface area contributed by atoms with Gasteiger partial charge in [-0.3, -0.25) is 0 Å². The van der Waals surface area contributed by atoms with Crippen LogP contribution in [0.15, 0.2) is 12.3 Å². The fourth-order valence-corrected chi connectivity index (χ4v) is 2.02. The second-order valence-electron chi connectivity index (χ2n) is 4.02. The Morgan fingerprint density at radius 2 is 1.93 bits per heavy atom. The first kappa shape index (κ1) is 9.40. The molecule has 0 amide bonds. The van der Waals surface area contributed by atoms with Gasteiger partial charge in [0.15, 0.2) is 0 Å². The molecule has 1 aromatic rings. The summed E-state index contributed by atoms with van der Waals surface area (Å²) < 4.78 is 0. The Bertz CT molecular complexity index is 318. The summed E-state index contributed by atoms with van der Waals surface area (Å²) in [5.41, 5.74) is 11.5. The molecule has 4 heteroatoms. The van der Waals surface area contributed by atoms with Gasteiger partial charge in [-0.25, -0.2) is 9.97 Å². The number of aromatic nitrogens is 2. The van der Waals surface area contributed by atoms with Crippen molar-refractivity contribution in [2.24, 2.45) is 5.73 Å². The lowest BCUT2D eigenvalue weighted by molar-refractivity contribution is 0.287. The molecular formula is C10H16N4. The molecule has 14 heavy (non-hydrogen) atoms. The minimum Gasteiger partial charge on any atom is -0.384 e. The summed E-state index contributed by atoms with van der Waals surface area (Å²) in [4.78, 5) is 8.43. The van der Waals surface area contributed by atoms with Crippen LogP contribution in [0.2, 0.25) is 0 Å². The molecule has 0 atom stereocenters. The number of nitrogen functional groups attached to an aromatic ring is 1. The zero-order valence-corrected chi connectivity index (χ0v) is 8.24. The van der Waals surface area contributed by atoms with Gasteiger partial charge in [0, 0.05) is 6.20 Å². The van der Waals surface area contributed by atoms with Gasteiger partial charge in [-0.05, 0) is 18.9 Å². The Hall–Kier alpha value is -1.16. The van der Waals surface area contributed by atoms with E-state index in [-0.39, 0.29) is 5.54 Å². The molecule has 0 unspecified atom stereocenters. The van der Waals surface area contributed by atoms with Crippen molar-refractivity contribution in [3.05, 3.63) is 18.1 Å². The molecule has 1 aromatic heterocycles. The summed E-state index contributed by atoms with van der Waals surface area (Å²) in [5.74, 6) is 1.21. The van der Waals surface area contributed by atoms with Gasteiger partial charge in [-0.1, -0.05) is 19.3 Å². The molecule has 1 saturated carbocycles. The molecular weight excluding hydrogens is 176 g/mol. The van der Waals surface area contributed by atoms with E-state index >= 15 is 0 Å². The molecule has 0 bridgehead atoms. The van der Waals surface area contributed by atoms with Gasteiger partial charge < -0.3 is 11.5 Å². The van der Waals surface area contributed by atoms with Gasteiger partial charge >= 0.3 is 0 Å². The lowest BCUT2D eigenvalue weighted by atomic mass is 9.82. The van der Waals surface area contributed by atoms with Crippen molar-refractivity contribution in [1.29, 1.82) is 0 Å². The molecule has 4 N–H and O–H groups in total. The molecule has 1 aliphatic rings. The van der Waals surface area contributed by atoms with Crippen molar-refractivity contribution in [3.8, 4) is 0 Å². The van der Waals surface area contributed by atoms with Crippen molar-refractivity contribution in [2.45, 2.75) is 37.6 Å². The van der Waals surface area contributed by atoms with Crippen LogP contribution in [0.4, 0.5) is 5.82 Å². The van der Waals surface area contributed by atoms with Gasteiger partial charge in [0.1, 0.15) is 11.6 Å². The summed E-state index contributed by atoms with van der Waals surface area (Å²) in [5, 5.41) is 0. The summed E-state index contributed by atoms with van der Waals surface area (Å²) in [6, 6.07) is 1.69. The third-order valence-corrected chi connectivity index (χ3v) is 2.87. The van der Waals surface area contributed by atoms with E-state index < -0.39 is 0 Å². The summed E-state index contributed by atoms with van der Waals surface area (Å²) in [6.07, 6.45) is 7.21. The number of hydrogen-bond donors (Lipinski definition) is 2. The predicted molar refractivity (Wildman–Crippen MR) is 55.4 cm³/mol. The van der Waals surface area contributed by atoms with E-state index in [0.717, 1.165) is 25.7 Å². The Morgan fingerprint density at radius 3 is 2.57 bits per heavy atom. The molecule has 2 rings (SSSR count). The topological polar surface area (TPSA) is 77.8 Å². The number of nitrogens with zero attached hydrogens (tertiary/aromatic N) is 2. The summed E-state index contributed by atoms with van der Waals surface area (Å²) >= 11 is 0. The van der Waals surface area contributed by atoms with Crippen LogP contribution in [0, 0.1) is 0 Å². The largest absolute Gasteiger partial charge is 0.384 e. The Labute approximate surface area is 83.7 Å². The standard InChI is InChI=1S/C10H16N4/c11-8-4-7-13-9(14-8)10(12)5-2-1-3-6-10/h4,7H,1-3,5-6,12H2,(H2,11,13,14). The van der Waals surface area contributed by atoms with Crippen molar-refractivity contribution >= 4 is 5.82 Å². The predicted octanol–water partition coefficient (Wildman–Crippen LogP) is 1.18. The van der Waals surface area contributed by atoms with Gasteiger partial charge in [0.05, 0.1) is 5.54 Å². The zero-order chi connectivity index (χ0) is 10.0. The molecule has 0 aliphatic heterocycles. The van der Waals surface area contributed by atoms with Crippen molar-refractivity contribution in [3.63, 3.8) is 0 Å². The number of rotatable bonds is 1. The summed E-state index contributed by atoms with van der Waals surface area (Å²) in [6.45, 7) is 0. The SMILES string of the molecule is Nc1ccnc(C2(N)CCCCC2)n1. The fourth-order valence-electron chi connectivity index (χ4n) is 2.02. The van der Waals surface area contributed by atoms with E-state index in [1.165, 1.54) is 6.42 Å². The number of nitrogens with two attached hydrogens (primary N) is 2. The molecule has 1 aliphatic carbocycles. The molecule has 0 radical (unpaired) electrons.